The van der Waals surface area contributed by atoms with Crippen LogP contribution in [0.4, 0.5) is 5.00 Å². The number of carbonyl (C=O) groups is 2. The van der Waals surface area contributed by atoms with E-state index in [-0.39, 0.29) is 36.2 Å². The monoisotopic (exact) mass is 500 g/mol. The summed E-state index contributed by atoms with van der Waals surface area (Å²) in [5, 5.41) is 2.88. The molecule has 0 aliphatic carbocycles. The van der Waals surface area contributed by atoms with Crippen molar-refractivity contribution >= 4 is 50.5 Å². The number of nitrogens with one attached hydrogen (secondary N) is 1. The molecule has 2 heterocycles. The van der Waals surface area contributed by atoms with Gasteiger partial charge >= 0.3 is 5.97 Å². The number of likely N-dealkylation sites (N-methyl/N-ethyl adjacent to an activating group) is 1. The topological polar surface area (TPSA) is 92.8 Å². The molecule has 0 radical (unpaired) electrons. The number of anilines is 1. The Kier molecular flexibility index (Phi) is 8.87. The Morgan fingerprint density at radius 1 is 1.22 bits per heavy atom. The summed E-state index contributed by atoms with van der Waals surface area (Å²) in [5.41, 5.74) is 2.11. The molecule has 32 heavy (non-hydrogen) atoms. The molecule has 1 aromatic carbocycles. The van der Waals surface area contributed by atoms with Crippen molar-refractivity contribution in [1.82, 2.24) is 4.90 Å². The fraction of sp³-hybridized carbons (Fsp3) is 0.455. The lowest BCUT2D eigenvalue weighted by Crippen LogP contribution is -2.26. The average molecular weight is 501 g/mol. The van der Waals surface area contributed by atoms with E-state index in [1.54, 1.807) is 32.9 Å². The van der Waals surface area contributed by atoms with Crippen LogP contribution >= 0.6 is 23.7 Å². The van der Waals surface area contributed by atoms with Crippen molar-refractivity contribution in [2.75, 3.05) is 25.5 Å². The summed E-state index contributed by atoms with van der Waals surface area (Å²) < 4.78 is 29.7. The fourth-order valence-electron chi connectivity index (χ4n) is 3.46. The first-order chi connectivity index (χ1) is 14.6. The highest BCUT2D eigenvalue weighted by molar-refractivity contribution is 7.92. The van der Waals surface area contributed by atoms with Crippen LogP contribution < -0.4 is 5.32 Å². The standard InChI is InChI=1S/C22H28N2O5S2.ClH/c1-5-29-22(26)20-17-10-11-24(4)13-18(17)30-21(20)23-19(25)12-15-6-8-16(9-7-15)31(27,28)14(2)3;/h6-9,14H,5,10-13H2,1-4H3,(H,23,25);1H. The normalized spacial score (nSPS) is 13.9. The number of carbonyl (C=O) groups excluding carboxylic acids is 2. The number of rotatable bonds is 7. The summed E-state index contributed by atoms with van der Waals surface area (Å²) in [4.78, 5) is 28.7. The molecule has 3 rings (SSSR count). The second-order valence-electron chi connectivity index (χ2n) is 7.88. The van der Waals surface area contributed by atoms with E-state index in [2.05, 4.69) is 10.2 Å². The Labute approximate surface area is 199 Å². The smallest absolute Gasteiger partial charge is 0.341 e. The summed E-state index contributed by atoms with van der Waals surface area (Å²) >= 11 is 1.41. The molecule has 1 N–H and O–H groups in total. The van der Waals surface area contributed by atoms with Crippen LogP contribution in [0.3, 0.4) is 0 Å². The first kappa shape index (κ1) is 26.3. The molecule has 1 amide bonds. The van der Waals surface area contributed by atoms with Crippen LogP contribution in [0.15, 0.2) is 29.2 Å². The van der Waals surface area contributed by atoms with Crippen molar-refractivity contribution in [2.24, 2.45) is 0 Å². The quantitative estimate of drug-likeness (QED) is 0.583. The van der Waals surface area contributed by atoms with Gasteiger partial charge in [0.25, 0.3) is 0 Å². The van der Waals surface area contributed by atoms with Crippen LogP contribution in [0.5, 0.6) is 0 Å². The van der Waals surface area contributed by atoms with Crippen molar-refractivity contribution in [2.45, 2.75) is 50.3 Å². The number of esters is 1. The second-order valence-corrected chi connectivity index (χ2v) is 11.5. The van der Waals surface area contributed by atoms with Crippen LogP contribution in [-0.2, 0) is 38.8 Å². The molecule has 0 atom stereocenters. The Morgan fingerprint density at radius 2 is 1.88 bits per heavy atom. The molecule has 1 aliphatic heterocycles. The van der Waals surface area contributed by atoms with E-state index in [1.807, 2.05) is 7.05 Å². The van der Waals surface area contributed by atoms with Gasteiger partial charge in [0, 0.05) is 18.0 Å². The van der Waals surface area contributed by atoms with E-state index in [4.69, 9.17) is 4.74 Å². The molecular weight excluding hydrogens is 472 g/mol. The molecule has 0 saturated heterocycles. The number of thiophene rings is 1. The minimum Gasteiger partial charge on any atom is -0.462 e. The summed E-state index contributed by atoms with van der Waals surface area (Å²) in [5.74, 6) is -0.680. The van der Waals surface area contributed by atoms with Gasteiger partial charge in [-0.25, -0.2) is 13.2 Å². The SMILES string of the molecule is CCOC(=O)c1c(NC(=O)Cc2ccc(S(=O)(=O)C(C)C)cc2)sc2c1CCN(C)C2.Cl. The largest absolute Gasteiger partial charge is 0.462 e. The van der Waals surface area contributed by atoms with Gasteiger partial charge in [-0.3, -0.25) is 4.79 Å². The average Bonchev–Trinajstić information content (AvgIpc) is 3.05. The van der Waals surface area contributed by atoms with Gasteiger partial charge in [-0.1, -0.05) is 12.1 Å². The van der Waals surface area contributed by atoms with Crippen molar-refractivity contribution in [3.63, 3.8) is 0 Å². The number of ether oxygens (including phenoxy) is 1. The Morgan fingerprint density at radius 3 is 2.47 bits per heavy atom. The molecule has 10 heteroatoms. The maximum Gasteiger partial charge on any atom is 0.341 e. The van der Waals surface area contributed by atoms with Crippen molar-refractivity contribution < 1.29 is 22.7 Å². The molecule has 2 aromatic rings. The van der Waals surface area contributed by atoms with Gasteiger partial charge in [0.2, 0.25) is 5.91 Å². The van der Waals surface area contributed by atoms with Crippen molar-refractivity contribution in [1.29, 1.82) is 0 Å². The number of halogens is 1. The molecule has 0 unspecified atom stereocenters. The van der Waals surface area contributed by atoms with Crippen LogP contribution in [0, 0.1) is 0 Å². The zero-order valence-electron chi connectivity index (χ0n) is 18.6. The van der Waals surface area contributed by atoms with E-state index >= 15 is 0 Å². The summed E-state index contributed by atoms with van der Waals surface area (Å²) in [7, 11) is -1.33. The summed E-state index contributed by atoms with van der Waals surface area (Å²) in [6.07, 6.45) is 0.810. The van der Waals surface area contributed by atoms with E-state index in [0.29, 0.717) is 16.1 Å². The third-order valence-corrected chi connectivity index (χ3v) is 8.52. The molecule has 1 aliphatic rings. The number of fused-ring (bicyclic) bond motifs is 1. The molecule has 0 saturated carbocycles. The molecule has 0 bridgehead atoms. The van der Waals surface area contributed by atoms with E-state index in [9.17, 15) is 18.0 Å². The van der Waals surface area contributed by atoms with Gasteiger partial charge < -0.3 is 15.0 Å². The van der Waals surface area contributed by atoms with Crippen LogP contribution in [-0.4, -0.2) is 50.6 Å². The zero-order chi connectivity index (χ0) is 22.8. The minimum absolute atomic E-state index is 0. The van der Waals surface area contributed by atoms with Crippen LogP contribution in [0.25, 0.3) is 0 Å². The molecule has 7 nitrogen and oxygen atoms in total. The number of hydrogen-bond acceptors (Lipinski definition) is 7. The number of benzene rings is 1. The third-order valence-electron chi connectivity index (χ3n) is 5.22. The first-order valence-corrected chi connectivity index (χ1v) is 12.6. The molecule has 0 fully saturated rings. The fourth-order valence-corrected chi connectivity index (χ4v) is 5.86. The van der Waals surface area contributed by atoms with Crippen molar-refractivity contribution in [3.05, 3.63) is 45.8 Å². The molecule has 1 aromatic heterocycles. The van der Waals surface area contributed by atoms with E-state index in [1.165, 1.54) is 23.5 Å². The van der Waals surface area contributed by atoms with Gasteiger partial charge in [-0.2, -0.15) is 0 Å². The van der Waals surface area contributed by atoms with E-state index < -0.39 is 21.1 Å². The van der Waals surface area contributed by atoms with Gasteiger partial charge in [0.15, 0.2) is 9.84 Å². The first-order valence-electron chi connectivity index (χ1n) is 10.3. The third kappa shape index (κ3) is 5.70. The van der Waals surface area contributed by atoms with E-state index in [0.717, 1.165) is 30.0 Å². The Balaban J connectivity index is 0.00000363. The lowest BCUT2D eigenvalue weighted by molar-refractivity contribution is -0.115. The highest BCUT2D eigenvalue weighted by Gasteiger charge is 2.28. The predicted molar refractivity (Wildman–Crippen MR) is 129 cm³/mol. The maximum atomic E-state index is 12.7. The van der Waals surface area contributed by atoms with Gasteiger partial charge in [-0.15, -0.1) is 23.7 Å². The predicted octanol–water partition coefficient (Wildman–Crippen LogP) is 3.70. The maximum absolute atomic E-state index is 12.7. The lowest BCUT2D eigenvalue weighted by Gasteiger charge is -2.22. The van der Waals surface area contributed by atoms with Gasteiger partial charge in [0.05, 0.1) is 28.7 Å². The number of amides is 1. The summed E-state index contributed by atoms with van der Waals surface area (Å²) in [6.45, 7) is 6.86. The highest BCUT2D eigenvalue weighted by Crippen LogP contribution is 2.37. The second kappa shape index (κ2) is 10.8. The lowest BCUT2D eigenvalue weighted by atomic mass is 10.0. The molecule has 176 valence electrons. The number of sulfone groups is 1. The Bertz CT molecular complexity index is 1080. The molecular formula is C22H29ClN2O5S2. The van der Waals surface area contributed by atoms with Crippen LogP contribution in [0.1, 0.15) is 47.1 Å². The van der Waals surface area contributed by atoms with Crippen molar-refractivity contribution in [3.8, 4) is 0 Å². The Hall–Kier alpha value is -1.94. The molecule has 0 spiro atoms. The number of hydrogen-bond donors (Lipinski definition) is 1. The van der Waals surface area contributed by atoms with Crippen LogP contribution in [0.2, 0.25) is 0 Å². The summed E-state index contributed by atoms with van der Waals surface area (Å²) in [6, 6.07) is 6.36. The van der Waals surface area contributed by atoms with Gasteiger partial charge in [0.1, 0.15) is 5.00 Å². The zero-order valence-corrected chi connectivity index (χ0v) is 21.1. The minimum atomic E-state index is -3.35. The number of nitrogens with zero attached hydrogens (tertiary/aromatic N) is 1. The highest BCUT2D eigenvalue weighted by atomic mass is 35.5. The van der Waals surface area contributed by atoms with Gasteiger partial charge in [-0.05, 0) is 57.5 Å².